The van der Waals surface area contributed by atoms with E-state index in [0.29, 0.717) is 5.84 Å². The number of rotatable bonds is 5. The minimum absolute atomic E-state index is 0.252. The second-order valence-electron chi connectivity index (χ2n) is 13.0. The highest BCUT2D eigenvalue weighted by Crippen LogP contribution is 2.37. The Labute approximate surface area is 294 Å². The molecular weight excluding hydrogens is 627 g/mol. The Morgan fingerprint density at radius 3 is 1.94 bits per heavy atom. The van der Waals surface area contributed by atoms with E-state index >= 15 is 0 Å². The van der Waals surface area contributed by atoms with Gasteiger partial charge in [0, 0.05) is 56.7 Å². The van der Waals surface area contributed by atoms with Gasteiger partial charge in [-0.1, -0.05) is 91.0 Å². The molecule has 2 aliphatic rings. The van der Waals surface area contributed by atoms with Crippen LogP contribution in [0.1, 0.15) is 11.1 Å². The van der Waals surface area contributed by atoms with Crippen LogP contribution in [0.4, 0.5) is 0 Å². The van der Waals surface area contributed by atoms with Crippen molar-refractivity contribution in [3.8, 4) is 16.8 Å². The number of hydrogen-bond acceptors (Lipinski definition) is 5. The maximum absolute atomic E-state index is 6.47. The molecule has 0 saturated heterocycles. The average molecular weight is 660 g/mol. The number of aliphatic imine (C=N–C) groups is 2. The van der Waals surface area contributed by atoms with Crippen molar-refractivity contribution in [1.82, 2.24) is 19.9 Å². The summed E-state index contributed by atoms with van der Waals surface area (Å²) >= 11 is 0. The number of hydrogen-bond donors (Lipinski definition) is 3. The van der Waals surface area contributed by atoms with E-state index in [0.717, 1.165) is 73.2 Å². The van der Waals surface area contributed by atoms with Gasteiger partial charge >= 0.3 is 0 Å². The standard InChI is InChI=1S/C44H33N7/c45-51-40-15-7-5-13-35(40)37-26-31(19-23-41(37)51)30-18-22-39-36(25-30)34-12-4-6-14-38(34)50(39)33-20-16-29(17-21-33)43-47-42(28-9-2-1-3-10-28)48-44(49-43)32-11-8-24-46-27-32/h1-23,25-27,44,46H,24,45H2,(H,47,48,49). The Hall–Kier alpha value is -6.86. The quantitative estimate of drug-likeness (QED) is 0.162. The Balaban J connectivity index is 1.05. The van der Waals surface area contributed by atoms with Crippen molar-refractivity contribution >= 4 is 55.3 Å². The van der Waals surface area contributed by atoms with E-state index in [1.54, 1.807) is 4.68 Å². The van der Waals surface area contributed by atoms with Crippen LogP contribution in [0.2, 0.25) is 0 Å². The van der Waals surface area contributed by atoms with Crippen LogP contribution in [0.25, 0.3) is 60.4 Å². The number of nitrogen functional groups attached to an aromatic ring is 1. The van der Waals surface area contributed by atoms with Gasteiger partial charge in [-0.25, -0.2) is 9.98 Å². The predicted molar refractivity (Wildman–Crippen MR) is 211 cm³/mol. The summed E-state index contributed by atoms with van der Waals surface area (Å²) in [7, 11) is 0. The fourth-order valence-corrected chi connectivity index (χ4v) is 7.52. The largest absolute Gasteiger partial charge is 0.387 e. The molecule has 0 spiro atoms. The molecule has 10 rings (SSSR count). The fourth-order valence-electron chi connectivity index (χ4n) is 7.52. The van der Waals surface area contributed by atoms with Crippen molar-refractivity contribution in [1.29, 1.82) is 0 Å². The number of para-hydroxylation sites is 2. The van der Waals surface area contributed by atoms with Crippen molar-refractivity contribution in [3.05, 3.63) is 175 Å². The van der Waals surface area contributed by atoms with Gasteiger partial charge < -0.3 is 21.0 Å². The fraction of sp³-hybridized carbons (Fsp3) is 0.0455. The van der Waals surface area contributed by atoms with Crippen molar-refractivity contribution < 1.29 is 0 Å². The number of dihydropyridines is 1. The molecule has 51 heavy (non-hydrogen) atoms. The summed E-state index contributed by atoms with van der Waals surface area (Å²) in [6, 6.07) is 49.1. The number of benzene rings is 6. The highest BCUT2D eigenvalue weighted by molar-refractivity contribution is 6.14. The van der Waals surface area contributed by atoms with Crippen LogP contribution in [-0.2, 0) is 0 Å². The number of fused-ring (bicyclic) bond motifs is 6. The molecule has 8 aromatic rings. The third-order valence-electron chi connectivity index (χ3n) is 10.0. The van der Waals surface area contributed by atoms with Crippen molar-refractivity contribution in [2.24, 2.45) is 9.98 Å². The summed E-state index contributed by atoms with van der Waals surface area (Å²) in [5.41, 5.74) is 10.8. The lowest BCUT2D eigenvalue weighted by atomic mass is 10.0. The zero-order chi connectivity index (χ0) is 33.9. The van der Waals surface area contributed by atoms with Gasteiger partial charge in [0.2, 0.25) is 0 Å². The van der Waals surface area contributed by atoms with Gasteiger partial charge in [0.05, 0.1) is 22.1 Å². The zero-order valence-electron chi connectivity index (χ0n) is 27.7. The molecule has 7 nitrogen and oxygen atoms in total. The lowest BCUT2D eigenvalue weighted by molar-refractivity contribution is 0.717. The van der Waals surface area contributed by atoms with E-state index in [2.05, 4.69) is 143 Å². The smallest absolute Gasteiger partial charge is 0.159 e. The van der Waals surface area contributed by atoms with Gasteiger partial charge in [0.15, 0.2) is 5.84 Å². The minimum atomic E-state index is -0.252. The van der Waals surface area contributed by atoms with E-state index in [1.165, 1.54) is 16.3 Å². The van der Waals surface area contributed by atoms with Crippen molar-refractivity contribution in [3.63, 3.8) is 0 Å². The van der Waals surface area contributed by atoms with Gasteiger partial charge in [-0.3, -0.25) is 4.68 Å². The van der Waals surface area contributed by atoms with Crippen molar-refractivity contribution in [2.75, 3.05) is 12.4 Å². The highest BCUT2D eigenvalue weighted by atomic mass is 15.3. The highest BCUT2D eigenvalue weighted by Gasteiger charge is 2.22. The molecule has 0 radical (unpaired) electrons. The maximum atomic E-state index is 6.47. The molecule has 1 atom stereocenters. The molecule has 7 heteroatoms. The van der Waals surface area contributed by atoms with E-state index in [1.807, 2.05) is 30.5 Å². The first-order valence-electron chi connectivity index (χ1n) is 17.2. The number of amidine groups is 2. The van der Waals surface area contributed by atoms with Gasteiger partial charge in [-0.15, -0.1) is 0 Å². The first-order chi connectivity index (χ1) is 25.2. The molecule has 2 aliphatic heterocycles. The topological polar surface area (TPSA) is 84.7 Å². The number of aromatic nitrogens is 2. The third-order valence-corrected chi connectivity index (χ3v) is 10.0. The summed E-state index contributed by atoms with van der Waals surface area (Å²) in [6.07, 6.45) is 6.01. The van der Waals surface area contributed by atoms with Crippen LogP contribution < -0.4 is 16.5 Å². The second-order valence-corrected chi connectivity index (χ2v) is 13.0. The lowest BCUT2D eigenvalue weighted by Crippen LogP contribution is -2.40. The van der Waals surface area contributed by atoms with Gasteiger partial charge in [-0.05, 0) is 71.8 Å². The molecular formula is C44H33N7. The van der Waals surface area contributed by atoms with E-state index in [-0.39, 0.29) is 6.17 Å². The zero-order valence-corrected chi connectivity index (χ0v) is 27.7. The molecule has 6 aromatic carbocycles. The molecule has 4 heterocycles. The first kappa shape index (κ1) is 29.1. The van der Waals surface area contributed by atoms with Crippen LogP contribution in [-0.4, -0.2) is 33.6 Å². The summed E-state index contributed by atoms with van der Waals surface area (Å²) in [6.45, 7) is 0.814. The number of nitrogens with one attached hydrogen (secondary N) is 2. The van der Waals surface area contributed by atoms with Crippen LogP contribution in [0.5, 0.6) is 0 Å². The minimum Gasteiger partial charge on any atom is -0.387 e. The Morgan fingerprint density at radius 1 is 0.588 bits per heavy atom. The normalized spacial score (nSPS) is 15.8. The molecule has 0 saturated carbocycles. The second kappa shape index (κ2) is 11.6. The predicted octanol–water partition coefficient (Wildman–Crippen LogP) is 8.44. The SMILES string of the molecule is Nn1c2ccccc2c2cc(-c3ccc4c(c3)c3ccccc3n4-c3ccc(C4=NC(C5=CNCC=C5)NC(c5ccccc5)=N4)cc3)ccc21. The lowest BCUT2D eigenvalue weighted by Gasteiger charge is -2.25. The molecule has 1 unspecified atom stereocenters. The average Bonchev–Trinajstić information content (AvgIpc) is 3.69. The Morgan fingerprint density at radius 2 is 1.20 bits per heavy atom. The maximum Gasteiger partial charge on any atom is 0.159 e. The Kier molecular flexibility index (Phi) is 6.64. The summed E-state index contributed by atoms with van der Waals surface area (Å²) < 4.78 is 4.13. The van der Waals surface area contributed by atoms with E-state index < -0.39 is 0 Å². The van der Waals surface area contributed by atoms with Gasteiger partial charge in [0.1, 0.15) is 12.0 Å². The van der Waals surface area contributed by atoms with E-state index in [9.17, 15) is 0 Å². The Bertz CT molecular complexity index is 2780. The molecule has 244 valence electrons. The van der Waals surface area contributed by atoms with Crippen LogP contribution in [0, 0.1) is 0 Å². The van der Waals surface area contributed by atoms with Gasteiger partial charge in [-0.2, -0.15) is 0 Å². The number of nitrogens with zero attached hydrogens (tertiary/aromatic N) is 4. The van der Waals surface area contributed by atoms with Gasteiger partial charge in [0.25, 0.3) is 0 Å². The van der Waals surface area contributed by atoms with E-state index in [4.69, 9.17) is 15.8 Å². The molecule has 2 aromatic heterocycles. The summed E-state index contributed by atoms with van der Waals surface area (Å²) in [4.78, 5) is 10.1. The number of nitrogens with two attached hydrogens (primary N) is 1. The summed E-state index contributed by atoms with van der Waals surface area (Å²) in [5, 5.41) is 11.6. The monoisotopic (exact) mass is 659 g/mol. The molecule has 0 aliphatic carbocycles. The third kappa shape index (κ3) is 4.82. The molecule has 4 N–H and O–H groups in total. The summed E-state index contributed by atoms with van der Waals surface area (Å²) in [5.74, 6) is 7.97. The molecule has 0 bridgehead atoms. The van der Waals surface area contributed by atoms with Crippen molar-refractivity contribution in [2.45, 2.75) is 6.17 Å². The van der Waals surface area contributed by atoms with Crippen LogP contribution in [0.15, 0.2) is 173 Å². The van der Waals surface area contributed by atoms with Crippen LogP contribution >= 0.6 is 0 Å². The molecule has 0 fully saturated rings. The molecule has 0 amide bonds. The van der Waals surface area contributed by atoms with Crippen LogP contribution in [0.3, 0.4) is 0 Å². The first-order valence-corrected chi connectivity index (χ1v) is 17.2.